The monoisotopic (exact) mass is 257 g/mol. The van der Waals surface area contributed by atoms with Gasteiger partial charge in [-0.15, -0.1) is 0 Å². The van der Waals surface area contributed by atoms with Crippen LogP contribution in [0.5, 0.6) is 0 Å². The average Bonchev–Trinajstić information content (AvgIpc) is 2.46. The molecule has 0 atom stereocenters. The van der Waals surface area contributed by atoms with Gasteiger partial charge in [0.15, 0.2) is 0 Å². The molecule has 0 bridgehead atoms. The van der Waals surface area contributed by atoms with Crippen LogP contribution in [0.1, 0.15) is 12.8 Å². The van der Waals surface area contributed by atoms with Gasteiger partial charge >= 0.3 is 0 Å². The molecule has 4 N–H and O–H groups in total. The SMILES string of the molecule is CN1CCN(CCCN)CCN(CCCN)CC1. The largest absolute Gasteiger partial charge is 0.330 e. The molecule has 0 saturated carbocycles. The van der Waals surface area contributed by atoms with Crippen molar-refractivity contribution >= 4 is 0 Å². The molecular weight excluding hydrogens is 226 g/mol. The normalized spacial score (nSPS) is 21.5. The molecule has 0 aromatic rings. The standard InChI is InChI=1S/C13H31N5/c1-16-8-10-17(6-2-4-14)12-13-18(11-9-16)7-3-5-15/h2-15H2,1H3. The molecule has 0 aromatic heterocycles. The summed E-state index contributed by atoms with van der Waals surface area (Å²) in [6.45, 7) is 10.8. The van der Waals surface area contributed by atoms with E-state index in [9.17, 15) is 0 Å². The van der Waals surface area contributed by atoms with Crippen LogP contribution in [-0.2, 0) is 0 Å². The maximum Gasteiger partial charge on any atom is 0.0110 e. The Bertz CT molecular complexity index is 180. The van der Waals surface area contributed by atoms with Crippen molar-refractivity contribution in [2.24, 2.45) is 11.5 Å². The van der Waals surface area contributed by atoms with Crippen molar-refractivity contribution in [2.75, 3.05) is 72.5 Å². The smallest absolute Gasteiger partial charge is 0.0110 e. The van der Waals surface area contributed by atoms with E-state index in [4.69, 9.17) is 11.5 Å². The van der Waals surface area contributed by atoms with E-state index in [-0.39, 0.29) is 0 Å². The molecule has 1 aliphatic heterocycles. The van der Waals surface area contributed by atoms with Gasteiger partial charge < -0.3 is 26.2 Å². The van der Waals surface area contributed by atoms with Gasteiger partial charge in [-0.3, -0.25) is 0 Å². The fourth-order valence-corrected chi connectivity index (χ4v) is 2.32. The van der Waals surface area contributed by atoms with Crippen molar-refractivity contribution in [1.29, 1.82) is 0 Å². The summed E-state index contributed by atoms with van der Waals surface area (Å²) >= 11 is 0. The van der Waals surface area contributed by atoms with Gasteiger partial charge in [0, 0.05) is 39.3 Å². The molecule has 1 aliphatic rings. The second kappa shape index (κ2) is 9.69. The Kier molecular flexibility index (Phi) is 8.54. The lowest BCUT2D eigenvalue weighted by molar-refractivity contribution is 0.218. The molecule has 18 heavy (non-hydrogen) atoms. The maximum atomic E-state index is 5.61. The topological polar surface area (TPSA) is 61.8 Å². The van der Waals surface area contributed by atoms with Crippen molar-refractivity contribution in [3.63, 3.8) is 0 Å². The van der Waals surface area contributed by atoms with Gasteiger partial charge in [-0.1, -0.05) is 0 Å². The lowest BCUT2D eigenvalue weighted by Crippen LogP contribution is -2.37. The van der Waals surface area contributed by atoms with Crippen LogP contribution in [0.2, 0.25) is 0 Å². The molecular formula is C13H31N5. The van der Waals surface area contributed by atoms with Gasteiger partial charge in [0.2, 0.25) is 0 Å². The minimum Gasteiger partial charge on any atom is -0.330 e. The van der Waals surface area contributed by atoms with E-state index in [0.717, 1.165) is 52.1 Å². The molecule has 1 saturated heterocycles. The Hall–Kier alpha value is -0.200. The van der Waals surface area contributed by atoms with Crippen LogP contribution < -0.4 is 11.5 Å². The first-order valence-electron chi connectivity index (χ1n) is 7.29. The van der Waals surface area contributed by atoms with Gasteiger partial charge in [-0.05, 0) is 46.1 Å². The molecule has 5 heteroatoms. The van der Waals surface area contributed by atoms with E-state index in [1.165, 1.54) is 26.2 Å². The van der Waals surface area contributed by atoms with Crippen LogP contribution in [0.25, 0.3) is 0 Å². The molecule has 0 amide bonds. The Morgan fingerprint density at radius 2 is 1.11 bits per heavy atom. The second-order valence-corrected chi connectivity index (χ2v) is 5.27. The lowest BCUT2D eigenvalue weighted by Gasteiger charge is -2.25. The molecule has 1 rings (SSSR count). The number of hydrogen-bond acceptors (Lipinski definition) is 5. The summed E-state index contributed by atoms with van der Waals surface area (Å²) in [5, 5.41) is 0. The van der Waals surface area contributed by atoms with Gasteiger partial charge in [0.25, 0.3) is 0 Å². The fourth-order valence-electron chi connectivity index (χ4n) is 2.32. The summed E-state index contributed by atoms with van der Waals surface area (Å²) in [5.74, 6) is 0. The summed E-state index contributed by atoms with van der Waals surface area (Å²) < 4.78 is 0. The first kappa shape index (κ1) is 15.9. The lowest BCUT2D eigenvalue weighted by atomic mass is 10.3. The summed E-state index contributed by atoms with van der Waals surface area (Å²) in [6.07, 6.45) is 2.21. The molecule has 1 heterocycles. The highest BCUT2D eigenvalue weighted by Crippen LogP contribution is 2.00. The molecule has 0 spiro atoms. The second-order valence-electron chi connectivity index (χ2n) is 5.27. The molecule has 1 fully saturated rings. The maximum absolute atomic E-state index is 5.61. The predicted octanol–water partition coefficient (Wildman–Crippen LogP) is -0.767. The zero-order chi connectivity index (χ0) is 13.2. The van der Waals surface area contributed by atoms with Gasteiger partial charge in [0.05, 0.1) is 0 Å². The Balaban J connectivity index is 2.40. The first-order chi connectivity index (χ1) is 8.76. The van der Waals surface area contributed by atoms with E-state index in [0.29, 0.717) is 0 Å². The predicted molar refractivity (Wildman–Crippen MR) is 77.7 cm³/mol. The number of likely N-dealkylation sites (N-methyl/N-ethyl adjacent to an activating group) is 1. The van der Waals surface area contributed by atoms with Gasteiger partial charge in [-0.25, -0.2) is 0 Å². The van der Waals surface area contributed by atoms with E-state index in [1.54, 1.807) is 0 Å². The van der Waals surface area contributed by atoms with Crippen molar-refractivity contribution in [2.45, 2.75) is 12.8 Å². The molecule has 0 unspecified atom stereocenters. The molecule has 108 valence electrons. The third-order valence-electron chi connectivity index (χ3n) is 3.69. The highest BCUT2D eigenvalue weighted by molar-refractivity contribution is 4.70. The molecule has 0 aromatic carbocycles. The summed E-state index contributed by atoms with van der Waals surface area (Å²) in [6, 6.07) is 0. The van der Waals surface area contributed by atoms with E-state index in [1.807, 2.05) is 0 Å². The molecule has 0 aliphatic carbocycles. The minimum absolute atomic E-state index is 0.795. The molecule has 0 radical (unpaired) electrons. The van der Waals surface area contributed by atoms with Crippen LogP contribution in [0, 0.1) is 0 Å². The highest BCUT2D eigenvalue weighted by atomic mass is 15.2. The van der Waals surface area contributed by atoms with E-state index in [2.05, 4.69) is 21.7 Å². The van der Waals surface area contributed by atoms with Gasteiger partial charge in [-0.2, -0.15) is 0 Å². The number of nitrogens with two attached hydrogens (primary N) is 2. The van der Waals surface area contributed by atoms with Crippen LogP contribution in [0.3, 0.4) is 0 Å². The Morgan fingerprint density at radius 3 is 1.50 bits per heavy atom. The minimum atomic E-state index is 0.795. The highest BCUT2D eigenvalue weighted by Gasteiger charge is 2.13. The Morgan fingerprint density at radius 1 is 0.722 bits per heavy atom. The van der Waals surface area contributed by atoms with E-state index < -0.39 is 0 Å². The third kappa shape index (κ3) is 6.66. The number of nitrogens with zero attached hydrogens (tertiary/aromatic N) is 3. The quantitative estimate of drug-likeness (QED) is 0.654. The summed E-state index contributed by atoms with van der Waals surface area (Å²) in [5.41, 5.74) is 11.2. The zero-order valence-electron chi connectivity index (χ0n) is 12.0. The summed E-state index contributed by atoms with van der Waals surface area (Å²) in [4.78, 5) is 7.52. The van der Waals surface area contributed by atoms with Crippen molar-refractivity contribution < 1.29 is 0 Å². The molecule has 5 nitrogen and oxygen atoms in total. The van der Waals surface area contributed by atoms with Crippen molar-refractivity contribution in [3.8, 4) is 0 Å². The van der Waals surface area contributed by atoms with Crippen LogP contribution in [0.15, 0.2) is 0 Å². The third-order valence-corrected chi connectivity index (χ3v) is 3.69. The van der Waals surface area contributed by atoms with E-state index >= 15 is 0 Å². The van der Waals surface area contributed by atoms with Crippen molar-refractivity contribution in [1.82, 2.24) is 14.7 Å². The number of hydrogen-bond donors (Lipinski definition) is 2. The fraction of sp³-hybridized carbons (Fsp3) is 1.00. The Labute approximate surface area is 112 Å². The summed E-state index contributed by atoms with van der Waals surface area (Å²) in [7, 11) is 2.22. The number of rotatable bonds is 6. The van der Waals surface area contributed by atoms with Gasteiger partial charge in [0.1, 0.15) is 0 Å². The first-order valence-corrected chi connectivity index (χ1v) is 7.29. The van der Waals surface area contributed by atoms with Crippen LogP contribution in [-0.4, -0.2) is 87.2 Å². The van der Waals surface area contributed by atoms with Crippen LogP contribution in [0.4, 0.5) is 0 Å². The average molecular weight is 257 g/mol. The van der Waals surface area contributed by atoms with Crippen LogP contribution >= 0.6 is 0 Å². The van der Waals surface area contributed by atoms with Crippen molar-refractivity contribution in [3.05, 3.63) is 0 Å². The zero-order valence-corrected chi connectivity index (χ0v) is 12.0.